The van der Waals surface area contributed by atoms with Crippen LogP contribution in [0, 0.1) is 11.8 Å². The van der Waals surface area contributed by atoms with Gasteiger partial charge < -0.3 is 9.88 Å². The number of fused-ring (bicyclic) bond motifs is 1. The van der Waals surface area contributed by atoms with Crippen LogP contribution in [0.5, 0.6) is 0 Å². The number of hydrogen-bond donors (Lipinski definition) is 1. The second-order valence-electron chi connectivity index (χ2n) is 6.09. The third-order valence-corrected chi connectivity index (χ3v) is 4.78. The van der Waals surface area contributed by atoms with E-state index in [1.807, 2.05) is 29.2 Å². The summed E-state index contributed by atoms with van der Waals surface area (Å²) < 4.78 is 0. The lowest BCUT2D eigenvalue weighted by Gasteiger charge is -2.34. The van der Waals surface area contributed by atoms with E-state index < -0.39 is 0 Å². The maximum Gasteiger partial charge on any atom is 0.233 e. The Labute approximate surface area is 129 Å². The Morgan fingerprint density at radius 3 is 2.76 bits per heavy atom. The third kappa shape index (κ3) is 3.40. The average Bonchev–Trinajstić information content (AvgIpc) is 2.86. The highest BCUT2D eigenvalue weighted by Gasteiger charge is 2.25. The molecule has 21 heavy (non-hydrogen) atoms. The molecule has 3 rings (SSSR count). The van der Waals surface area contributed by atoms with Gasteiger partial charge in [-0.25, -0.2) is 4.98 Å². The van der Waals surface area contributed by atoms with Gasteiger partial charge in [-0.3, -0.25) is 4.79 Å². The van der Waals surface area contributed by atoms with Crippen molar-refractivity contribution in [1.82, 2.24) is 14.9 Å². The molecule has 1 aliphatic rings. The molecule has 2 aromatic rings. The van der Waals surface area contributed by atoms with Crippen LogP contribution >= 0.6 is 11.8 Å². The maximum atomic E-state index is 12.3. The molecule has 1 aromatic carbocycles. The molecule has 1 saturated heterocycles. The van der Waals surface area contributed by atoms with Crippen LogP contribution < -0.4 is 0 Å². The van der Waals surface area contributed by atoms with E-state index in [2.05, 4.69) is 23.8 Å². The first kappa shape index (κ1) is 14.4. The zero-order chi connectivity index (χ0) is 14.8. The Morgan fingerprint density at radius 1 is 1.33 bits per heavy atom. The third-order valence-electron chi connectivity index (χ3n) is 3.92. The van der Waals surface area contributed by atoms with Crippen LogP contribution in [-0.2, 0) is 4.79 Å². The van der Waals surface area contributed by atoms with Gasteiger partial charge in [-0.05, 0) is 30.4 Å². The lowest BCUT2D eigenvalue weighted by molar-refractivity contribution is -0.130. The summed E-state index contributed by atoms with van der Waals surface area (Å²) >= 11 is 1.49. The van der Waals surface area contributed by atoms with Crippen molar-refractivity contribution in [2.24, 2.45) is 11.8 Å². The van der Waals surface area contributed by atoms with Crippen LogP contribution in [-0.4, -0.2) is 39.6 Å². The second kappa shape index (κ2) is 6.10. The Balaban J connectivity index is 1.60. The summed E-state index contributed by atoms with van der Waals surface area (Å²) in [5.41, 5.74) is 1.97. The molecule has 0 bridgehead atoms. The molecule has 0 aliphatic carbocycles. The van der Waals surface area contributed by atoms with E-state index in [4.69, 9.17) is 0 Å². The minimum atomic E-state index is 0.221. The fourth-order valence-electron chi connectivity index (χ4n) is 3.09. The van der Waals surface area contributed by atoms with Crippen molar-refractivity contribution < 1.29 is 4.79 Å². The van der Waals surface area contributed by atoms with E-state index in [1.165, 1.54) is 18.2 Å². The highest BCUT2D eigenvalue weighted by molar-refractivity contribution is 7.99. The lowest BCUT2D eigenvalue weighted by atomic mass is 9.92. The number of aromatic amines is 1. The van der Waals surface area contributed by atoms with Crippen LogP contribution in [0.4, 0.5) is 0 Å². The van der Waals surface area contributed by atoms with E-state index in [0.717, 1.165) is 29.3 Å². The molecular weight excluding hydrogens is 282 g/mol. The maximum absolute atomic E-state index is 12.3. The SMILES string of the molecule is C[C@@H]1C[C@H](C)CN(C(=O)CSc2nc3ccccc3[nH]2)C1. The number of carbonyl (C=O) groups is 1. The topological polar surface area (TPSA) is 49.0 Å². The Hall–Kier alpha value is -1.49. The van der Waals surface area contributed by atoms with Crippen LogP contribution in [0.25, 0.3) is 11.0 Å². The standard InChI is InChI=1S/C16H21N3OS/c1-11-7-12(2)9-19(8-11)15(20)10-21-16-17-13-5-3-4-6-14(13)18-16/h3-6,11-12H,7-10H2,1-2H3,(H,17,18)/t11-,12+. The van der Waals surface area contributed by atoms with Crippen LogP contribution in [0.1, 0.15) is 20.3 Å². The fourth-order valence-corrected chi connectivity index (χ4v) is 3.87. The van der Waals surface area contributed by atoms with Gasteiger partial charge in [0, 0.05) is 13.1 Å². The summed E-state index contributed by atoms with van der Waals surface area (Å²) in [6.07, 6.45) is 1.22. The minimum absolute atomic E-state index is 0.221. The van der Waals surface area contributed by atoms with Crippen LogP contribution in [0.15, 0.2) is 29.4 Å². The molecule has 112 valence electrons. The molecule has 2 atom stereocenters. The van der Waals surface area contributed by atoms with E-state index in [-0.39, 0.29) is 5.91 Å². The summed E-state index contributed by atoms with van der Waals surface area (Å²) in [6.45, 7) is 6.23. The molecule has 1 N–H and O–H groups in total. The number of rotatable bonds is 3. The second-order valence-corrected chi connectivity index (χ2v) is 7.06. The molecule has 1 amide bonds. The molecule has 1 aromatic heterocycles. The fraction of sp³-hybridized carbons (Fsp3) is 0.500. The van der Waals surface area contributed by atoms with E-state index in [0.29, 0.717) is 17.6 Å². The van der Waals surface area contributed by atoms with Gasteiger partial charge in [-0.1, -0.05) is 37.7 Å². The van der Waals surface area contributed by atoms with Gasteiger partial charge in [0.05, 0.1) is 16.8 Å². The van der Waals surface area contributed by atoms with Crippen molar-refractivity contribution >= 4 is 28.7 Å². The number of thioether (sulfide) groups is 1. The number of hydrogen-bond acceptors (Lipinski definition) is 3. The van der Waals surface area contributed by atoms with Crippen molar-refractivity contribution in [3.8, 4) is 0 Å². The Bertz CT molecular complexity index is 596. The molecule has 0 saturated carbocycles. The predicted molar refractivity (Wildman–Crippen MR) is 86.3 cm³/mol. The number of piperidine rings is 1. The molecule has 4 nitrogen and oxygen atoms in total. The number of nitrogens with one attached hydrogen (secondary N) is 1. The number of aromatic nitrogens is 2. The Morgan fingerprint density at radius 2 is 2.05 bits per heavy atom. The predicted octanol–water partition coefficient (Wildman–Crippen LogP) is 3.16. The molecule has 5 heteroatoms. The minimum Gasteiger partial charge on any atom is -0.341 e. The number of carbonyl (C=O) groups excluding carboxylic acids is 1. The van der Waals surface area contributed by atoms with Gasteiger partial charge in [0.2, 0.25) is 5.91 Å². The number of H-pyrrole nitrogens is 1. The van der Waals surface area contributed by atoms with Gasteiger partial charge in [-0.2, -0.15) is 0 Å². The molecule has 1 fully saturated rings. The summed E-state index contributed by atoms with van der Waals surface area (Å²) in [7, 11) is 0. The monoisotopic (exact) mass is 303 g/mol. The molecule has 0 spiro atoms. The average molecular weight is 303 g/mol. The van der Waals surface area contributed by atoms with E-state index in [1.54, 1.807) is 0 Å². The van der Waals surface area contributed by atoms with Gasteiger partial charge in [0.1, 0.15) is 0 Å². The molecule has 2 heterocycles. The molecule has 1 aliphatic heterocycles. The molecule has 0 unspecified atom stereocenters. The summed E-state index contributed by atoms with van der Waals surface area (Å²) in [5.74, 6) is 1.89. The number of benzene rings is 1. The molecule has 0 radical (unpaired) electrons. The number of amides is 1. The van der Waals surface area contributed by atoms with Gasteiger partial charge >= 0.3 is 0 Å². The van der Waals surface area contributed by atoms with E-state index in [9.17, 15) is 4.79 Å². The highest BCUT2D eigenvalue weighted by Crippen LogP contribution is 2.23. The summed E-state index contributed by atoms with van der Waals surface area (Å²) in [4.78, 5) is 22.1. The number of imidazole rings is 1. The summed E-state index contributed by atoms with van der Waals surface area (Å²) in [6, 6.07) is 7.93. The first-order chi connectivity index (χ1) is 10.1. The quantitative estimate of drug-likeness (QED) is 0.886. The number of nitrogens with zero attached hydrogens (tertiary/aromatic N) is 2. The van der Waals surface area contributed by atoms with Gasteiger partial charge in [0.25, 0.3) is 0 Å². The van der Waals surface area contributed by atoms with Crippen molar-refractivity contribution in [3.63, 3.8) is 0 Å². The zero-order valence-corrected chi connectivity index (χ0v) is 13.3. The van der Waals surface area contributed by atoms with E-state index >= 15 is 0 Å². The lowest BCUT2D eigenvalue weighted by Crippen LogP contribution is -2.43. The zero-order valence-electron chi connectivity index (χ0n) is 12.5. The van der Waals surface area contributed by atoms with Crippen molar-refractivity contribution in [2.45, 2.75) is 25.4 Å². The summed E-state index contributed by atoms with van der Waals surface area (Å²) in [5, 5.41) is 0.822. The van der Waals surface area contributed by atoms with Gasteiger partial charge in [-0.15, -0.1) is 0 Å². The largest absolute Gasteiger partial charge is 0.341 e. The first-order valence-electron chi connectivity index (χ1n) is 7.47. The van der Waals surface area contributed by atoms with Crippen molar-refractivity contribution in [1.29, 1.82) is 0 Å². The highest BCUT2D eigenvalue weighted by atomic mass is 32.2. The van der Waals surface area contributed by atoms with Gasteiger partial charge in [0.15, 0.2) is 5.16 Å². The van der Waals surface area contributed by atoms with Crippen molar-refractivity contribution in [3.05, 3.63) is 24.3 Å². The number of para-hydroxylation sites is 2. The molecular formula is C16H21N3OS. The normalized spacial score (nSPS) is 22.7. The van der Waals surface area contributed by atoms with Crippen LogP contribution in [0.3, 0.4) is 0 Å². The first-order valence-corrected chi connectivity index (χ1v) is 8.45. The number of likely N-dealkylation sites (tertiary alicyclic amines) is 1. The van der Waals surface area contributed by atoms with Crippen molar-refractivity contribution in [2.75, 3.05) is 18.8 Å². The van der Waals surface area contributed by atoms with Crippen LogP contribution in [0.2, 0.25) is 0 Å². The smallest absolute Gasteiger partial charge is 0.233 e. The Kier molecular flexibility index (Phi) is 4.19.